The lowest BCUT2D eigenvalue weighted by atomic mass is 10.1. The molecule has 30 heavy (non-hydrogen) atoms. The summed E-state index contributed by atoms with van der Waals surface area (Å²) in [7, 11) is 0. The molecule has 0 saturated heterocycles. The molecule has 0 fully saturated rings. The SMILES string of the molecule is O=C(C=Cc1ccccc1)NCCSc1c(-c2ccc(Br)cc2)[nH]c2ccccc12. The molecule has 1 heterocycles. The van der Waals surface area contributed by atoms with E-state index in [1.807, 2.05) is 42.5 Å². The number of amides is 1. The van der Waals surface area contributed by atoms with Gasteiger partial charge in [0.25, 0.3) is 0 Å². The topological polar surface area (TPSA) is 44.9 Å². The Morgan fingerprint density at radius 1 is 0.967 bits per heavy atom. The smallest absolute Gasteiger partial charge is 0.244 e. The molecule has 5 heteroatoms. The van der Waals surface area contributed by atoms with E-state index in [0.717, 1.165) is 32.6 Å². The summed E-state index contributed by atoms with van der Waals surface area (Å²) < 4.78 is 1.06. The average Bonchev–Trinajstić information content (AvgIpc) is 3.15. The molecule has 0 saturated carbocycles. The van der Waals surface area contributed by atoms with Crippen molar-refractivity contribution in [1.82, 2.24) is 10.3 Å². The molecule has 3 nitrogen and oxygen atoms in total. The van der Waals surface area contributed by atoms with Crippen molar-refractivity contribution in [3.05, 3.63) is 95.0 Å². The second kappa shape index (κ2) is 9.83. The van der Waals surface area contributed by atoms with Gasteiger partial charge in [-0.15, -0.1) is 11.8 Å². The molecule has 4 aromatic rings. The Labute approximate surface area is 188 Å². The van der Waals surface area contributed by atoms with Gasteiger partial charge in [-0.3, -0.25) is 4.79 Å². The molecule has 0 aliphatic heterocycles. The van der Waals surface area contributed by atoms with Crippen LogP contribution in [0, 0.1) is 0 Å². The normalized spacial score (nSPS) is 11.2. The number of fused-ring (bicyclic) bond motifs is 1. The number of rotatable bonds is 7. The van der Waals surface area contributed by atoms with Crippen LogP contribution >= 0.6 is 27.7 Å². The van der Waals surface area contributed by atoms with Crippen LogP contribution in [0.25, 0.3) is 28.2 Å². The third-order valence-corrected chi connectivity index (χ3v) is 6.32. The number of aromatic amines is 1. The Morgan fingerprint density at radius 2 is 1.70 bits per heavy atom. The number of halogens is 1. The van der Waals surface area contributed by atoms with E-state index in [0.29, 0.717) is 6.54 Å². The van der Waals surface area contributed by atoms with Gasteiger partial charge in [0.15, 0.2) is 0 Å². The summed E-state index contributed by atoms with van der Waals surface area (Å²) in [6.07, 6.45) is 3.41. The van der Waals surface area contributed by atoms with E-state index in [9.17, 15) is 4.79 Å². The predicted molar refractivity (Wildman–Crippen MR) is 131 cm³/mol. The second-order valence-electron chi connectivity index (χ2n) is 6.77. The van der Waals surface area contributed by atoms with Crippen molar-refractivity contribution in [3.63, 3.8) is 0 Å². The van der Waals surface area contributed by atoms with E-state index in [2.05, 4.69) is 68.7 Å². The molecule has 4 rings (SSSR count). The minimum Gasteiger partial charge on any atom is -0.354 e. The first kappa shape index (κ1) is 20.5. The van der Waals surface area contributed by atoms with Crippen molar-refractivity contribution in [1.29, 1.82) is 0 Å². The number of carbonyl (C=O) groups is 1. The molecule has 0 bridgehead atoms. The van der Waals surface area contributed by atoms with E-state index in [1.54, 1.807) is 17.8 Å². The fourth-order valence-electron chi connectivity index (χ4n) is 3.21. The Hall–Kier alpha value is -2.76. The van der Waals surface area contributed by atoms with Crippen LogP contribution < -0.4 is 5.32 Å². The lowest BCUT2D eigenvalue weighted by Gasteiger charge is -2.06. The van der Waals surface area contributed by atoms with Gasteiger partial charge in [0.1, 0.15) is 0 Å². The minimum absolute atomic E-state index is 0.0773. The fraction of sp³-hybridized carbons (Fsp3) is 0.0800. The highest BCUT2D eigenvalue weighted by atomic mass is 79.9. The summed E-state index contributed by atoms with van der Waals surface area (Å²) in [5.74, 6) is 0.711. The van der Waals surface area contributed by atoms with Crippen LogP contribution in [0.1, 0.15) is 5.56 Å². The maximum atomic E-state index is 12.1. The van der Waals surface area contributed by atoms with Crippen LogP contribution in [0.2, 0.25) is 0 Å². The number of aromatic nitrogens is 1. The van der Waals surface area contributed by atoms with Crippen LogP contribution in [-0.2, 0) is 4.79 Å². The molecular formula is C25H21BrN2OS. The van der Waals surface area contributed by atoms with Crippen LogP contribution in [0.5, 0.6) is 0 Å². The van der Waals surface area contributed by atoms with Gasteiger partial charge in [-0.1, -0.05) is 76.6 Å². The number of H-pyrrole nitrogens is 1. The van der Waals surface area contributed by atoms with Crippen LogP contribution in [0.3, 0.4) is 0 Å². The quantitative estimate of drug-likeness (QED) is 0.181. The molecular weight excluding hydrogens is 456 g/mol. The number of benzene rings is 3. The molecule has 1 amide bonds. The molecule has 2 N–H and O–H groups in total. The van der Waals surface area contributed by atoms with E-state index in [4.69, 9.17) is 0 Å². The van der Waals surface area contributed by atoms with Crippen molar-refractivity contribution in [2.45, 2.75) is 4.90 Å². The molecule has 1 aromatic heterocycles. The lowest BCUT2D eigenvalue weighted by molar-refractivity contribution is -0.116. The Morgan fingerprint density at radius 3 is 2.50 bits per heavy atom. The molecule has 0 atom stereocenters. The Bertz CT molecular complexity index is 1170. The summed E-state index contributed by atoms with van der Waals surface area (Å²) >= 11 is 5.26. The summed E-state index contributed by atoms with van der Waals surface area (Å²) in [6.45, 7) is 0.599. The van der Waals surface area contributed by atoms with Crippen LogP contribution in [0.4, 0.5) is 0 Å². The molecule has 150 valence electrons. The maximum absolute atomic E-state index is 12.1. The highest BCUT2D eigenvalue weighted by molar-refractivity contribution is 9.10. The summed E-state index contributed by atoms with van der Waals surface area (Å²) in [5.41, 5.74) is 4.39. The van der Waals surface area contributed by atoms with Crippen molar-refractivity contribution in [2.75, 3.05) is 12.3 Å². The number of para-hydroxylation sites is 1. The highest BCUT2D eigenvalue weighted by Gasteiger charge is 2.13. The molecule has 0 spiro atoms. The molecule has 0 aliphatic rings. The first-order chi connectivity index (χ1) is 14.7. The van der Waals surface area contributed by atoms with Gasteiger partial charge in [0, 0.05) is 38.6 Å². The molecule has 3 aromatic carbocycles. The van der Waals surface area contributed by atoms with Crippen molar-refractivity contribution >= 4 is 50.6 Å². The zero-order chi connectivity index (χ0) is 20.8. The number of carbonyl (C=O) groups excluding carboxylic acids is 1. The van der Waals surface area contributed by atoms with E-state index in [-0.39, 0.29) is 5.91 Å². The number of hydrogen-bond acceptors (Lipinski definition) is 2. The largest absolute Gasteiger partial charge is 0.354 e. The van der Waals surface area contributed by atoms with Gasteiger partial charge in [-0.25, -0.2) is 0 Å². The number of nitrogens with one attached hydrogen (secondary N) is 2. The van der Waals surface area contributed by atoms with E-state index in [1.165, 1.54) is 10.3 Å². The molecule has 0 aliphatic carbocycles. The van der Waals surface area contributed by atoms with E-state index < -0.39 is 0 Å². The summed E-state index contributed by atoms with van der Waals surface area (Å²) in [5, 5.41) is 4.17. The highest BCUT2D eigenvalue weighted by Crippen LogP contribution is 2.37. The zero-order valence-electron chi connectivity index (χ0n) is 16.3. The minimum atomic E-state index is -0.0773. The average molecular weight is 477 g/mol. The van der Waals surface area contributed by atoms with E-state index >= 15 is 0 Å². The van der Waals surface area contributed by atoms with Crippen molar-refractivity contribution in [2.24, 2.45) is 0 Å². The second-order valence-corrected chi connectivity index (χ2v) is 8.79. The van der Waals surface area contributed by atoms with Crippen molar-refractivity contribution in [3.8, 4) is 11.3 Å². The van der Waals surface area contributed by atoms with Crippen molar-refractivity contribution < 1.29 is 4.79 Å². The van der Waals surface area contributed by atoms with Gasteiger partial charge in [0.05, 0.1) is 5.69 Å². The van der Waals surface area contributed by atoms with Gasteiger partial charge >= 0.3 is 0 Å². The predicted octanol–water partition coefficient (Wildman–Crippen LogP) is 6.52. The fourth-order valence-corrected chi connectivity index (χ4v) is 4.53. The Kier molecular flexibility index (Phi) is 6.72. The van der Waals surface area contributed by atoms with Crippen LogP contribution in [-0.4, -0.2) is 23.2 Å². The molecule has 0 radical (unpaired) electrons. The maximum Gasteiger partial charge on any atom is 0.244 e. The number of hydrogen-bond donors (Lipinski definition) is 2. The summed E-state index contributed by atoms with van der Waals surface area (Å²) in [4.78, 5) is 16.9. The van der Waals surface area contributed by atoms with Crippen LogP contribution in [0.15, 0.2) is 94.3 Å². The number of thioether (sulfide) groups is 1. The van der Waals surface area contributed by atoms with Gasteiger partial charge in [-0.05, 0) is 35.4 Å². The lowest BCUT2D eigenvalue weighted by Crippen LogP contribution is -2.23. The third kappa shape index (κ3) is 5.04. The first-order valence-corrected chi connectivity index (χ1v) is 11.5. The first-order valence-electron chi connectivity index (χ1n) is 9.71. The molecule has 0 unspecified atom stereocenters. The third-order valence-electron chi connectivity index (χ3n) is 4.67. The monoisotopic (exact) mass is 476 g/mol. The zero-order valence-corrected chi connectivity index (χ0v) is 18.7. The van der Waals surface area contributed by atoms with Gasteiger partial charge in [0.2, 0.25) is 5.91 Å². The Balaban J connectivity index is 1.42. The van der Waals surface area contributed by atoms with Gasteiger partial charge in [-0.2, -0.15) is 0 Å². The summed E-state index contributed by atoms with van der Waals surface area (Å²) in [6, 6.07) is 26.5. The standard InChI is InChI=1S/C25H21BrN2OS/c26-20-13-11-19(12-14-20)24-25(21-8-4-5-9-22(21)28-24)30-17-16-27-23(29)15-10-18-6-2-1-3-7-18/h1-15,28H,16-17H2,(H,27,29). The van der Waals surface area contributed by atoms with Gasteiger partial charge < -0.3 is 10.3 Å².